The van der Waals surface area contributed by atoms with Crippen molar-refractivity contribution in [2.24, 2.45) is 5.92 Å². The normalized spacial score (nSPS) is 21.8. The first-order valence-corrected chi connectivity index (χ1v) is 13.6. The summed E-state index contributed by atoms with van der Waals surface area (Å²) < 4.78 is 43.7. The number of hydrogen-bond donors (Lipinski definition) is 0. The van der Waals surface area contributed by atoms with Gasteiger partial charge in [0.25, 0.3) is 0 Å². The van der Waals surface area contributed by atoms with Crippen molar-refractivity contribution in [2.75, 3.05) is 26.3 Å². The zero-order valence-electron chi connectivity index (χ0n) is 22.9. The monoisotopic (exact) mass is 544 g/mol. The van der Waals surface area contributed by atoms with Gasteiger partial charge in [-0.25, -0.2) is 13.6 Å². The summed E-state index contributed by atoms with van der Waals surface area (Å²) in [5.41, 5.74) is 0.182. The van der Waals surface area contributed by atoms with Crippen molar-refractivity contribution in [3.63, 3.8) is 0 Å². The SMILES string of the molecule is CC(C)(C)OC(=O)N(Cc1ccc(F)cc1)C1CCC(C(=O)N2CCO[C@@H](COc3ccc(F)cc3)C2)CC1. The zero-order chi connectivity index (χ0) is 28.0. The van der Waals surface area contributed by atoms with Crippen LogP contribution in [-0.2, 0) is 20.8 Å². The average molecular weight is 545 g/mol. The maximum absolute atomic E-state index is 13.4. The van der Waals surface area contributed by atoms with Gasteiger partial charge in [-0.2, -0.15) is 0 Å². The van der Waals surface area contributed by atoms with Gasteiger partial charge >= 0.3 is 6.09 Å². The molecule has 1 aliphatic carbocycles. The third kappa shape index (κ3) is 8.39. The smallest absolute Gasteiger partial charge is 0.410 e. The second kappa shape index (κ2) is 12.8. The minimum absolute atomic E-state index is 0.0736. The summed E-state index contributed by atoms with van der Waals surface area (Å²) in [5.74, 6) is -0.117. The van der Waals surface area contributed by atoms with Crippen LogP contribution in [0.4, 0.5) is 13.6 Å². The maximum Gasteiger partial charge on any atom is 0.410 e. The van der Waals surface area contributed by atoms with E-state index in [2.05, 4.69) is 0 Å². The molecule has 2 fully saturated rings. The van der Waals surface area contributed by atoms with Crippen LogP contribution in [0, 0.1) is 17.6 Å². The van der Waals surface area contributed by atoms with E-state index >= 15 is 0 Å². The van der Waals surface area contributed by atoms with Crippen LogP contribution in [0.25, 0.3) is 0 Å². The minimum atomic E-state index is -0.640. The highest BCUT2D eigenvalue weighted by molar-refractivity contribution is 5.79. The molecular formula is C30H38F2N2O5. The summed E-state index contributed by atoms with van der Waals surface area (Å²) in [6.07, 6.45) is 2.03. The van der Waals surface area contributed by atoms with Gasteiger partial charge in [-0.1, -0.05) is 12.1 Å². The molecule has 0 unspecified atom stereocenters. The molecule has 1 heterocycles. The predicted molar refractivity (Wildman–Crippen MR) is 142 cm³/mol. The lowest BCUT2D eigenvalue weighted by atomic mass is 9.84. The third-order valence-corrected chi connectivity index (χ3v) is 7.08. The van der Waals surface area contributed by atoms with E-state index in [0.717, 1.165) is 5.56 Å². The molecule has 2 amide bonds. The van der Waals surface area contributed by atoms with Gasteiger partial charge in [-0.15, -0.1) is 0 Å². The molecule has 7 nitrogen and oxygen atoms in total. The van der Waals surface area contributed by atoms with Crippen LogP contribution in [-0.4, -0.2) is 65.9 Å². The minimum Gasteiger partial charge on any atom is -0.491 e. The number of amides is 2. The number of morpholine rings is 1. The highest BCUT2D eigenvalue weighted by Crippen LogP contribution is 2.31. The Kier molecular flexibility index (Phi) is 9.43. The van der Waals surface area contributed by atoms with Crippen LogP contribution >= 0.6 is 0 Å². The first kappa shape index (κ1) is 28.8. The van der Waals surface area contributed by atoms with E-state index in [1.807, 2.05) is 25.7 Å². The molecule has 0 bridgehead atoms. The molecule has 0 aromatic heterocycles. The van der Waals surface area contributed by atoms with Gasteiger partial charge in [0.15, 0.2) is 0 Å². The Hall–Kier alpha value is -3.20. The van der Waals surface area contributed by atoms with Gasteiger partial charge in [0, 0.05) is 25.0 Å². The fraction of sp³-hybridized carbons (Fsp3) is 0.533. The van der Waals surface area contributed by atoms with Crippen molar-refractivity contribution in [3.05, 3.63) is 65.7 Å². The maximum atomic E-state index is 13.4. The fourth-order valence-corrected chi connectivity index (χ4v) is 5.08. The van der Waals surface area contributed by atoms with Gasteiger partial charge in [-0.05, 0) is 88.4 Å². The second-order valence-corrected chi connectivity index (χ2v) is 11.3. The lowest BCUT2D eigenvalue weighted by molar-refractivity contribution is -0.145. The number of nitrogens with zero attached hydrogens (tertiary/aromatic N) is 2. The van der Waals surface area contributed by atoms with E-state index in [-0.39, 0.29) is 42.2 Å². The number of hydrogen-bond acceptors (Lipinski definition) is 5. The number of benzene rings is 2. The van der Waals surface area contributed by atoms with E-state index < -0.39 is 11.7 Å². The van der Waals surface area contributed by atoms with Crippen LogP contribution in [0.3, 0.4) is 0 Å². The van der Waals surface area contributed by atoms with Crippen molar-refractivity contribution < 1.29 is 32.6 Å². The van der Waals surface area contributed by atoms with Gasteiger partial charge in [0.05, 0.1) is 13.2 Å². The summed E-state index contributed by atoms with van der Waals surface area (Å²) in [4.78, 5) is 30.1. The van der Waals surface area contributed by atoms with E-state index in [9.17, 15) is 18.4 Å². The second-order valence-electron chi connectivity index (χ2n) is 11.3. The van der Waals surface area contributed by atoms with Crippen molar-refractivity contribution >= 4 is 12.0 Å². The number of halogens is 2. The van der Waals surface area contributed by atoms with Crippen molar-refractivity contribution in [1.29, 1.82) is 0 Å². The first-order valence-electron chi connectivity index (χ1n) is 13.6. The molecule has 39 heavy (non-hydrogen) atoms. The van der Waals surface area contributed by atoms with E-state index in [1.54, 1.807) is 29.2 Å². The van der Waals surface area contributed by atoms with E-state index in [4.69, 9.17) is 14.2 Å². The summed E-state index contributed by atoms with van der Waals surface area (Å²) in [6, 6.07) is 11.9. The predicted octanol–water partition coefficient (Wildman–Crippen LogP) is 5.57. The number of carbonyl (C=O) groups is 2. The lowest BCUT2D eigenvalue weighted by Gasteiger charge is -2.39. The Morgan fingerprint density at radius 1 is 0.974 bits per heavy atom. The van der Waals surface area contributed by atoms with E-state index in [0.29, 0.717) is 57.7 Å². The third-order valence-electron chi connectivity index (χ3n) is 7.08. The topological polar surface area (TPSA) is 68.3 Å². The summed E-state index contributed by atoms with van der Waals surface area (Å²) >= 11 is 0. The molecule has 9 heteroatoms. The Morgan fingerprint density at radius 3 is 2.21 bits per heavy atom. The molecule has 2 aliphatic rings. The van der Waals surface area contributed by atoms with Crippen LogP contribution in [0.15, 0.2) is 48.5 Å². The quantitative estimate of drug-likeness (QED) is 0.456. The fourth-order valence-electron chi connectivity index (χ4n) is 5.08. The van der Waals surface area contributed by atoms with Crippen LogP contribution < -0.4 is 4.74 Å². The summed E-state index contributed by atoms with van der Waals surface area (Å²) in [6.45, 7) is 7.48. The lowest BCUT2D eigenvalue weighted by Crippen LogP contribution is -2.51. The first-order chi connectivity index (χ1) is 18.6. The van der Waals surface area contributed by atoms with Crippen LogP contribution in [0.5, 0.6) is 5.75 Å². The summed E-state index contributed by atoms with van der Waals surface area (Å²) in [5, 5.41) is 0. The Labute approximate surface area is 229 Å². The molecule has 0 N–H and O–H groups in total. The number of carbonyl (C=O) groups excluding carboxylic acids is 2. The average Bonchev–Trinajstić information content (AvgIpc) is 2.91. The van der Waals surface area contributed by atoms with Crippen molar-refractivity contribution in [3.8, 4) is 5.75 Å². The zero-order valence-corrected chi connectivity index (χ0v) is 22.9. The van der Waals surface area contributed by atoms with Gasteiger partial charge in [0.2, 0.25) is 5.91 Å². The molecule has 4 rings (SSSR count). The highest BCUT2D eigenvalue weighted by Gasteiger charge is 2.36. The number of rotatable bonds is 7. The van der Waals surface area contributed by atoms with Crippen LogP contribution in [0.1, 0.15) is 52.0 Å². The van der Waals surface area contributed by atoms with E-state index in [1.165, 1.54) is 24.3 Å². The largest absolute Gasteiger partial charge is 0.491 e. The number of ether oxygens (including phenoxy) is 3. The summed E-state index contributed by atoms with van der Waals surface area (Å²) in [7, 11) is 0. The molecule has 1 saturated heterocycles. The molecular weight excluding hydrogens is 506 g/mol. The van der Waals surface area contributed by atoms with Crippen molar-refractivity contribution in [2.45, 2.75) is 70.7 Å². The standard InChI is InChI=1S/C30H38F2N2O5/c1-30(2,3)39-29(36)34(18-21-4-8-23(31)9-5-21)25-12-6-22(7-13-25)28(35)33-16-17-37-27(19-33)20-38-26-14-10-24(32)11-15-26/h4-5,8-11,14-15,22,25,27H,6-7,12-13,16-20H2,1-3H3/t22?,25?,27-/m1/s1. The molecule has 0 radical (unpaired) electrons. The molecule has 2 aromatic rings. The van der Waals surface area contributed by atoms with Crippen LogP contribution in [0.2, 0.25) is 0 Å². The molecule has 212 valence electrons. The van der Waals surface area contributed by atoms with Gasteiger partial charge in [0.1, 0.15) is 35.7 Å². The molecule has 1 saturated carbocycles. The highest BCUT2D eigenvalue weighted by atomic mass is 19.1. The Balaban J connectivity index is 1.32. The molecule has 1 atom stereocenters. The van der Waals surface area contributed by atoms with Crippen molar-refractivity contribution in [1.82, 2.24) is 9.80 Å². The van der Waals surface area contributed by atoms with Gasteiger partial charge < -0.3 is 24.0 Å². The molecule has 0 spiro atoms. The Morgan fingerprint density at radius 2 is 1.59 bits per heavy atom. The van der Waals surface area contributed by atoms with Gasteiger partial charge in [-0.3, -0.25) is 4.79 Å². The molecule has 2 aromatic carbocycles. The molecule has 1 aliphatic heterocycles. The Bertz CT molecular complexity index is 1100.